The third-order valence-electron chi connectivity index (χ3n) is 9.73. The number of hydrogen-bond donors (Lipinski definition) is 0. The third-order valence-corrected chi connectivity index (χ3v) is 9.73. The van der Waals surface area contributed by atoms with E-state index in [9.17, 15) is 9.59 Å². The van der Waals surface area contributed by atoms with Gasteiger partial charge in [-0.05, 0) is 74.6 Å². The highest BCUT2D eigenvalue weighted by Crippen LogP contribution is 2.56. The highest BCUT2D eigenvalue weighted by molar-refractivity contribution is 5.94. The Bertz CT molecular complexity index is 1510. The molecule has 0 aromatic heterocycles. The lowest BCUT2D eigenvalue weighted by atomic mass is 9.77. The van der Waals surface area contributed by atoms with Crippen LogP contribution in [0.25, 0.3) is 0 Å². The number of ether oxygens (including phenoxy) is 6. The number of nitrogens with zero attached hydrogens (tertiary/aromatic N) is 1. The van der Waals surface area contributed by atoms with E-state index in [4.69, 9.17) is 28.4 Å². The standard InChI is InChI=1S/C35H39NO8/c1-33(2,42-21-23-9-5-4-6-10-23)12-7-14-35(20-29(37)44-35)32(38)43-31-28(39-3)19-34-13-8-15-36(34)16-11-24-17-26-27(41-22-40-26)18-25(24)30(31)34/h4-7,9-10,12,17-19,30-31H,8,11,13-16,20-22H2,1-3H3/b12-7+/t30-,31-,34?,35-/m1/s1. The van der Waals surface area contributed by atoms with E-state index in [1.165, 1.54) is 0 Å². The average molecular weight is 602 g/mol. The van der Waals surface area contributed by atoms with E-state index < -0.39 is 29.2 Å². The Labute approximate surface area is 257 Å². The Morgan fingerprint density at radius 1 is 1.14 bits per heavy atom. The molecule has 4 aliphatic heterocycles. The number of carbonyl (C=O) groups excluding carboxylic acids is 2. The van der Waals surface area contributed by atoms with Crippen LogP contribution in [0.2, 0.25) is 0 Å². The smallest absolute Gasteiger partial charge is 0.352 e. The van der Waals surface area contributed by atoms with E-state index >= 15 is 0 Å². The SMILES string of the molecule is COC1=CC23CCCN2CCc2cc4c(cc2[C@@H]3[C@@H]1OC(=O)[C@@]1(C/C=C/C(C)(C)OCc2ccccc2)CC(=O)O1)OCO4. The van der Waals surface area contributed by atoms with Crippen molar-refractivity contribution in [1.82, 2.24) is 4.90 Å². The summed E-state index contributed by atoms with van der Waals surface area (Å²) in [6, 6.07) is 14.1. The minimum Gasteiger partial charge on any atom is -0.497 e. The van der Waals surface area contributed by atoms with Gasteiger partial charge in [-0.2, -0.15) is 0 Å². The van der Waals surface area contributed by atoms with Gasteiger partial charge in [0.15, 0.2) is 17.6 Å². The summed E-state index contributed by atoms with van der Waals surface area (Å²) in [5, 5.41) is 0. The molecule has 9 nitrogen and oxygen atoms in total. The van der Waals surface area contributed by atoms with Gasteiger partial charge < -0.3 is 28.4 Å². The average Bonchev–Trinajstić information content (AvgIpc) is 3.69. The zero-order valence-electron chi connectivity index (χ0n) is 25.5. The number of methoxy groups -OCH3 is 1. The summed E-state index contributed by atoms with van der Waals surface area (Å²) in [5.41, 5.74) is 0.972. The van der Waals surface area contributed by atoms with Gasteiger partial charge in [-0.3, -0.25) is 9.69 Å². The van der Waals surface area contributed by atoms with Crippen LogP contribution in [-0.2, 0) is 41.6 Å². The molecule has 0 bridgehead atoms. The number of rotatable bonds is 9. The minimum atomic E-state index is -1.39. The lowest BCUT2D eigenvalue weighted by Gasteiger charge is -2.41. The molecule has 4 atom stereocenters. The Morgan fingerprint density at radius 3 is 2.66 bits per heavy atom. The van der Waals surface area contributed by atoms with Crippen LogP contribution >= 0.6 is 0 Å². The number of esters is 2. The van der Waals surface area contributed by atoms with Gasteiger partial charge in [-0.15, -0.1) is 0 Å². The van der Waals surface area contributed by atoms with Crippen molar-refractivity contribution in [2.45, 2.75) is 81.3 Å². The van der Waals surface area contributed by atoms with Gasteiger partial charge in [0.1, 0.15) is 5.76 Å². The lowest BCUT2D eigenvalue weighted by Crippen LogP contribution is -2.56. The van der Waals surface area contributed by atoms with Crippen LogP contribution < -0.4 is 9.47 Å². The number of fused-ring (bicyclic) bond motifs is 3. The summed E-state index contributed by atoms with van der Waals surface area (Å²) in [7, 11) is 1.62. The molecule has 1 spiro atoms. The topological polar surface area (TPSA) is 92.8 Å². The van der Waals surface area contributed by atoms with Crippen LogP contribution in [0.5, 0.6) is 11.5 Å². The summed E-state index contributed by atoms with van der Waals surface area (Å²) in [4.78, 5) is 28.7. The monoisotopic (exact) mass is 601 g/mol. The molecule has 0 radical (unpaired) electrons. The maximum absolute atomic E-state index is 14.0. The maximum Gasteiger partial charge on any atom is 0.352 e. The molecule has 232 valence electrons. The highest BCUT2D eigenvalue weighted by Gasteiger charge is 2.60. The van der Waals surface area contributed by atoms with Gasteiger partial charge in [-0.1, -0.05) is 42.5 Å². The van der Waals surface area contributed by atoms with Gasteiger partial charge >= 0.3 is 11.9 Å². The van der Waals surface area contributed by atoms with Crippen molar-refractivity contribution in [2.75, 3.05) is 27.0 Å². The molecule has 0 amide bonds. The molecule has 5 aliphatic rings. The zero-order chi connectivity index (χ0) is 30.5. The molecule has 2 aromatic rings. The summed E-state index contributed by atoms with van der Waals surface area (Å²) in [5.74, 6) is 0.875. The van der Waals surface area contributed by atoms with Crippen molar-refractivity contribution >= 4 is 11.9 Å². The van der Waals surface area contributed by atoms with Crippen molar-refractivity contribution < 1.29 is 38.0 Å². The van der Waals surface area contributed by atoms with Crippen LogP contribution in [0.4, 0.5) is 0 Å². The van der Waals surface area contributed by atoms with Crippen molar-refractivity contribution in [3.05, 3.63) is 83.1 Å². The number of hydrogen-bond acceptors (Lipinski definition) is 9. The van der Waals surface area contributed by atoms with Crippen LogP contribution in [0.1, 0.15) is 62.1 Å². The molecule has 0 N–H and O–H groups in total. The minimum absolute atomic E-state index is 0.0442. The van der Waals surface area contributed by atoms with Crippen molar-refractivity contribution in [2.24, 2.45) is 0 Å². The van der Waals surface area contributed by atoms with Gasteiger partial charge in [0, 0.05) is 13.0 Å². The van der Waals surface area contributed by atoms with Gasteiger partial charge in [0.25, 0.3) is 0 Å². The number of carbonyl (C=O) groups is 2. The molecule has 2 fully saturated rings. The Hall–Kier alpha value is -3.82. The highest BCUT2D eigenvalue weighted by atomic mass is 16.7. The summed E-state index contributed by atoms with van der Waals surface area (Å²) in [6.45, 7) is 6.40. The molecule has 44 heavy (non-hydrogen) atoms. The van der Waals surface area contributed by atoms with E-state index in [0.29, 0.717) is 18.1 Å². The fourth-order valence-electron chi connectivity index (χ4n) is 7.50. The van der Waals surface area contributed by atoms with Crippen molar-refractivity contribution in [3.8, 4) is 11.5 Å². The largest absolute Gasteiger partial charge is 0.497 e. The van der Waals surface area contributed by atoms with E-state index in [-0.39, 0.29) is 31.1 Å². The number of cyclic esters (lactones) is 1. The molecule has 4 heterocycles. The van der Waals surface area contributed by atoms with Crippen LogP contribution in [0, 0.1) is 0 Å². The second kappa shape index (κ2) is 11.0. The Morgan fingerprint density at radius 2 is 1.91 bits per heavy atom. The van der Waals surface area contributed by atoms with E-state index in [0.717, 1.165) is 54.8 Å². The second-order valence-corrected chi connectivity index (χ2v) is 12.9. The van der Waals surface area contributed by atoms with E-state index in [2.05, 4.69) is 23.1 Å². The lowest BCUT2D eigenvalue weighted by molar-refractivity contribution is -0.210. The van der Waals surface area contributed by atoms with E-state index in [1.807, 2.05) is 56.3 Å². The molecule has 2 saturated heterocycles. The van der Waals surface area contributed by atoms with Crippen molar-refractivity contribution in [1.29, 1.82) is 0 Å². The first-order valence-electron chi connectivity index (χ1n) is 15.4. The van der Waals surface area contributed by atoms with Crippen LogP contribution in [0.3, 0.4) is 0 Å². The van der Waals surface area contributed by atoms with Gasteiger partial charge in [0.05, 0.1) is 37.2 Å². The van der Waals surface area contributed by atoms with Gasteiger partial charge in [-0.25, -0.2) is 4.79 Å². The molecule has 9 heteroatoms. The fourth-order valence-corrected chi connectivity index (χ4v) is 7.50. The van der Waals surface area contributed by atoms with Crippen LogP contribution in [0.15, 0.2) is 66.5 Å². The quantitative estimate of drug-likeness (QED) is 0.292. The third kappa shape index (κ3) is 4.96. The Kier molecular flexibility index (Phi) is 7.21. The summed E-state index contributed by atoms with van der Waals surface area (Å²) < 4.78 is 35.5. The number of benzene rings is 2. The molecule has 7 rings (SSSR count). The first-order valence-corrected chi connectivity index (χ1v) is 15.4. The molecule has 0 saturated carbocycles. The van der Waals surface area contributed by atoms with E-state index in [1.54, 1.807) is 7.11 Å². The fraction of sp³-hybridized carbons (Fsp3) is 0.486. The first-order chi connectivity index (χ1) is 21.2. The normalized spacial score (nSPS) is 28.8. The Balaban J connectivity index is 1.14. The molecular formula is C35H39NO8. The second-order valence-electron chi connectivity index (χ2n) is 12.9. The molecule has 2 aromatic carbocycles. The first kappa shape index (κ1) is 28.9. The predicted molar refractivity (Wildman–Crippen MR) is 160 cm³/mol. The maximum atomic E-state index is 14.0. The molecule has 1 aliphatic carbocycles. The summed E-state index contributed by atoms with van der Waals surface area (Å²) >= 11 is 0. The molecule has 1 unspecified atom stereocenters. The summed E-state index contributed by atoms with van der Waals surface area (Å²) in [6.07, 6.45) is 8.20. The zero-order valence-corrected chi connectivity index (χ0v) is 25.5. The van der Waals surface area contributed by atoms with Crippen LogP contribution in [-0.4, -0.2) is 66.7 Å². The van der Waals surface area contributed by atoms with Gasteiger partial charge in [0.2, 0.25) is 12.4 Å². The molecular weight excluding hydrogens is 562 g/mol. The van der Waals surface area contributed by atoms with Crippen molar-refractivity contribution in [3.63, 3.8) is 0 Å². The predicted octanol–water partition coefficient (Wildman–Crippen LogP) is 4.97.